The molecule has 0 aromatic rings. The molecule has 0 aromatic carbocycles. The van der Waals surface area contributed by atoms with Gasteiger partial charge >= 0.3 is 0 Å². The normalized spacial score (nSPS) is 22.0. The van der Waals surface area contributed by atoms with Crippen LogP contribution in [0.4, 0.5) is 0 Å². The van der Waals surface area contributed by atoms with Gasteiger partial charge in [0.2, 0.25) is 0 Å². The lowest BCUT2D eigenvalue weighted by Gasteiger charge is -2.11. The van der Waals surface area contributed by atoms with Gasteiger partial charge in [-0.25, -0.2) is 0 Å². The fourth-order valence-electron chi connectivity index (χ4n) is 1.18. The van der Waals surface area contributed by atoms with Gasteiger partial charge in [-0.05, 0) is 31.7 Å². The average Bonchev–Trinajstić information content (AvgIpc) is 2.64. The number of hydrogen-bond acceptors (Lipinski definition) is 2. The molecule has 0 aromatic heterocycles. The third-order valence-electron chi connectivity index (χ3n) is 1.90. The summed E-state index contributed by atoms with van der Waals surface area (Å²) < 4.78 is 5.23. The van der Waals surface area contributed by atoms with Crippen LogP contribution in [0, 0.1) is 5.92 Å². The molecule has 1 unspecified atom stereocenters. The van der Waals surface area contributed by atoms with Crippen LogP contribution in [-0.4, -0.2) is 19.8 Å². The van der Waals surface area contributed by atoms with Crippen molar-refractivity contribution in [1.82, 2.24) is 0 Å². The fraction of sp³-hybridized carbons (Fsp3) is 1.00. The molecule has 54 valence electrons. The second-order valence-electron chi connectivity index (χ2n) is 2.69. The van der Waals surface area contributed by atoms with Crippen LogP contribution >= 0.6 is 0 Å². The summed E-state index contributed by atoms with van der Waals surface area (Å²) in [5, 5.41) is 0. The molecule has 2 nitrogen and oxygen atoms in total. The Bertz CT molecular complexity index is 81.0. The minimum Gasteiger partial charge on any atom is -0.381 e. The molecule has 1 saturated carbocycles. The molecule has 1 atom stereocenters. The number of rotatable bonds is 4. The maximum absolute atomic E-state index is 5.39. The minimum absolute atomic E-state index is 0.454. The number of nitrogens with two attached hydrogens (primary N) is 1. The van der Waals surface area contributed by atoms with E-state index in [0.717, 1.165) is 18.9 Å². The van der Waals surface area contributed by atoms with Crippen molar-refractivity contribution in [2.75, 3.05) is 13.7 Å². The van der Waals surface area contributed by atoms with Crippen LogP contribution in [0.1, 0.15) is 19.3 Å². The van der Waals surface area contributed by atoms with Crippen molar-refractivity contribution < 1.29 is 4.74 Å². The third-order valence-corrected chi connectivity index (χ3v) is 1.90. The predicted octanol–water partition coefficient (Wildman–Crippen LogP) is 0.760. The van der Waals surface area contributed by atoms with Crippen LogP contribution in [0.5, 0.6) is 0 Å². The molecule has 1 fully saturated rings. The first-order valence-corrected chi connectivity index (χ1v) is 3.61. The maximum atomic E-state index is 5.39. The molecule has 0 heterocycles. The molecule has 0 aliphatic heterocycles. The van der Waals surface area contributed by atoms with E-state index in [4.69, 9.17) is 10.5 Å². The molecule has 0 saturated heterocycles. The van der Waals surface area contributed by atoms with Gasteiger partial charge in [-0.3, -0.25) is 0 Å². The number of hydrogen-bond donors (Lipinski definition) is 1. The molecule has 0 spiro atoms. The Morgan fingerprint density at radius 3 is 2.67 bits per heavy atom. The lowest BCUT2D eigenvalue weighted by atomic mass is 10.2. The highest BCUT2D eigenvalue weighted by Gasteiger charge is 2.30. The second-order valence-corrected chi connectivity index (χ2v) is 2.69. The second kappa shape index (κ2) is 3.18. The Balaban J connectivity index is 2.12. The summed E-state index contributed by atoms with van der Waals surface area (Å²) in [4.78, 5) is 0. The molecule has 1 aliphatic rings. The molecule has 1 aliphatic carbocycles. The van der Waals surface area contributed by atoms with Crippen LogP contribution in [0.15, 0.2) is 0 Å². The Morgan fingerprint density at radius 1 is 1.67 bits per heavy atom. The quantitative estimate of drug-likeness (QED) is 0.608. The molecular formula is C7H15NO. The van der Waals surface area contributed by atoms with Gasteiger partial charge in [-0.2, -0.15) is 0 Å². The van der Waals surface area contributed by atoms with E-state index in [-0.39, 0.29) is 0 Å². The molecule has 2 heteroatoms. The van der Waals surface area contributed by atoms with Crippen LogP contribution < -0.4 is 5.73 Å². The summed E-state index contributed by atoms with van der Waals surface area (Å²) in [7, 11) is 1.78. The summed E-state index contributed by atoms with van der Waals surface area (Å²) >= 11 is 0. The lowest BCUT2D eigenvalue weighted by Crippen LogP contribution is -2.17. The Kier molecular flexibility index (Phi) is 2.49. The van der Waals surface area contributed by atoms with Crippen LogP contribution in [0.25, 0.3) is 0 Å². The predicted molar refractivity (Wildman–Crippen MR) is 37.2 cm³/mol. The maximum Gasteiger partial charge on any atom is 0.0611 e. The number of methoxy groups -OCH3 is 1. The molecule has 2 N–H and O–H groups in total. The van der Waals surface area contributed by atoms with Gasteiger partial charge in [0.1, 0.15) is 0 Å². The highest BCUT2D eigenvalue weighted by Crippen LogP contribution is 2.35. The SMILES string of the molecule is COC(CCN)C1CC1. The monoisotopic (exact) mass is 129 g/mol. The van der Waals surface area contributed by atoms with E-state index in [1.807, 2.05) is 0 Å². The minimum atomic E-state index is 0.454. The van der Waals surface area contributed by atoms with Gasteiger partial charge in [0, 0.05) is 7.11 Å². The van der Waals surface area contributed by atoms with Crippen molar-refractivity contribution in [2.45, 2.75) is 25.4 Å². The largest absolute Gasteiger partial charge is 0.381 e. The molecule has 0 amide bonds. The molecule has 9 heavy (non-hydrogen) atoms. The van der Waals surface area contributed by atoms with Crippen molar-refractivity contribution in [3.05, 3.63) is 0 Å². The first-order chi connectivity index (χ1) is 4.38. The van der Waals surface area contributed by atoms with Crippen molar-refractivity contribution >= 4 is 0 Å². The highest BCUT2D eigenvalue weighted by molar-refractivity contribution is 4.81. The molecule has 0 radical (unpaired) electrons. The van der Waals surface area contributed by atoms with E-state index in [2.05, 4.69) is 0 Å². The summed E-state index contributed by atoms with van der Waals surface area (Å²) in [5.41, 5.74) is 5.39. The van der Waals surface area contributed by atoms with Gasteiger partial charge in [0.15, 0.2) is 0 Å². The summed E-state index contributed by atoms with van der Waals surface area (Å²) in [6.07, 6.45) is 4.17. The van der Waals surface area contributed by atoms with E-state index in [1.165, 1.54) is 12.8 Å². The standard InChI is InChI=1S/C7H15NO/c1-9-7(4-5-8)6-2-3-6/h6-7H,2-5,8H2,1H3. The van der Waals surface area contributed by atoms with E-state index in [1.54, 1.807) is 7.11 Å². The molecular weight excluding hydrogens is 114 g/mol. The Hall–Kier alpha value is -0.0800. The first-order valence-electron chi connectivity index (χ1n) is 3.61. The molecule has 0 bridgehead atoms. The first kappa shape index (κ1) is 7.03. The zero-order valence-corrected chi connectivity index (χ0v) is 5.97. The van der Waals surface area contributed by atoms with Gasteiger partial charge < -0.3 is 10.5 Å². The molecule has 1 rings (SSSR count). The van der Waals surface area contributed by atoms with E-state index >= 15 is 0 Å². The smallest absolute Gasteiger partial charge is 0.0611 e. The number of ether oxygens (including phenoxy) is 1. The topological polar surface area (TPSA) is 35.2 Å². The lowest BCUT2D eigenvalue weighted by molar-refractivity contribution is 0.0793. The third kappa shape index (κ3) is 1.95. The average molecular weight is 129 g/mol. The zero-order valence-electron chi connectivity index (χ0n) is 5.97. The highest BCUT2D eigenvalue weighted by atomic mass is 16.5. The summed E-state index contributed by atoms with van der Waals surface area (Å²) in [5.74, 6) is 0.832. The van der Waals surface area contributed by atoms with Gasteiger partial charge in [-0.15, -0.1) is 0 Å². The van der Waals surface area contributed by atoms with Crippen LogP contribution in [0.3, 0.4) is 0 Å². The van der Waals surface area contributed by atoms with Crippen molar-refractivity contribution in [3.8, 4) is 0 Å². The Morgan fingerprint density at radius 2 is 2.33 bits per heavy atom. The zero-order chi connectivity index (χ0) is 6.69. The van der Waals surface area contributed by atoms with Gasteiger partial charge in [0.05, 0.1) is 6.10 Å². The van der Waals surface area contributed by atoms with Crippen molar-refractivity contribution in [2.24, 2.45) is 11.7 Å². The van der Waals surface area contributed by atoms with E-state index in [0.29, 0.717) is 6.10 Å². The van der Waals surface area contributed by atoms with Gasteiger partial charge in [0.25, 0.3) is 0 Å². The van der Waals surface area contributed by atoms with Crippen molar-refractivity contribution in [3.63, 3.8) is 0 Å². The van der Waals surface area contributed by atoms with Crippen LogP contribution in [-0.2, 0) is 4.74 Å². The summed E-state index contributed by atoms with van der Waals surface area (Å²) in [6.45, 7) is 0.759. The van der Waals surface area contributed by atoms with E-state index in [9.17, 15) is 0 Å². The van der Waals surface area contributed by atoms with Crippen molar-refractivity contribution in [1.29, 1.82) is 0 Å². The fourth-order valence-corrected chi connectivity index (χ4v) is 1.18. The van der Waals surface area contributed by atoms with E-state index < -0.39 is 0 Å². The van der Waals surface area contributed by atoms with Crippen LogP contribution in [0.2, 0.25) is 0 Å². The Labute approximate surface area is 56.4 Å². The summed E-state index contributed by atoms with van der Waals surface area (Å²) in [6, 6.07) is 0. The van der Waals surface area contributed by atoms with Gasteiger partial charge in [-0.1, -0.05) is 0 Å².